The summed E-state index contributed by atoms with van der Waals surface area (Å²) in [6, 6.07) is 9.73. The zero-order chi connectivity index (χ0) is 18.3. The highest BCUT2D eigenvalue weighted by atomic mass is 32.2. The molecule has 1 aromatic carbocycles. The van der Waals surface area contributed by atoms with E-state index in [4.69, 9.17) is 4.74 Å². The summed E-state index contributed by atoms with van der Waals surface area (Å²) in [7, 11) is -3.67. The lowest BCUT2D eigenvalue weighted by molar-refractivity contribution is 0.340. The molecule has 2 aromatic rings. The zero-order valence-electron chi connectivity index (χ0n) is 14.8. The van der Waals surface area contributed by atoms with E-state index in [0.717, 1.165) is 18.7 Å². The Morgan fingerprint density at radius 2 is 1.84 bits per heavy atom. The van der Waals surface area contributed by atoms with Crippen LogP contribution in [0, 0.1) is 5.92 Å². The highest BCUT2D eigenvalue weighted by molar-refractivity contribution is 7.92. The smallest absolute Gasteiger partial charge is 0.263 e. The minimum absolute atomic E-state index is 0.164. The van der Waals surface area contributed by atoms with E-state index in [-0.39, 0.29) is 10.7 Å². The van der Waals surface area contributed by atoms with Crippen LogP contribution in [0.1, 0.15) is 27.2 Å². The van der Waals surface area contributed by atoms with Gasteiger partial charge < -0.3 is 10.1 Å². The minimum atomic E-state index is -3.67. The van der Waals surface area contributed by atoms with Gasteiger partial charge >= 0.3 is 0 Å². The highest BCUT2D eigenvalue weighted by Crippen LogP contribution is 2.19. The maximum atomic E-state index is 12.4. The number of sulfonamides is 1. The molecule has 1 aromatic heterocycles. The molecule has 0 amide bonds. The van der Waals surface area contributed by atoms with E-state index in [1.54, 1.807) is 24.4 Å². The summed E-state index contributed by atoms with van der Waals surface area (Å²) in [6.07, 6.45) is 2.68. The van der Waals surface area contributed by atoms with Crippen molar-refractivity contribution < 1.29 is 13.2 Å². The van der Waals surface area contributed by atoms with E-state index in [1.165, 1.54) is 12.1 Å². The van der Waals surface area contributed by atoms with Gasteiger partial charge in [-0.25, -0.2) is 13.4 Å². The van der Waals surface area contributed by atoms with Crippen molar-refractivity contribution in [2.75, 3.05) is 23.2 Å². The molecule has 0 aliphatic heterocycles. The number of benzene rings is 1. The van der Waals surface area contributed by atoms with E-state index < -0.39 is 10.0 Å². The number of ether oxygens (including phenoxy) is 1. The fraction of sp³-hybridized carbons (Fsp3) is 0.389. The molecule has 25 heavy (non-hydrogen) atoms. The first-order valence-electron chi connectivity index (χ1n) is 8.36. The van der Waals surface area contributed by atoms with E-state index >= 15 is 0 Å². The fourth-order valence-electron chi connectivity index (χ4n) is 2.14. The molecule has 136 valence electrons. The Bertz CT molecular complexity index is 757. The molecule has 0 saturated heterocycles. The number of hydrogen-bond donors (Lipinski definition) is 2. The monoisotopic (exact) mass is 363 g/mol. The SMILES string of the molecule is CCOc1ccc(S(=O)(=O)Nc2ccc(NCCC(C)C)cn2)cc1. The summed E-state index contributed by atoms with van der Waals surface area (Å²) in [5.41, 5.74) is 0.865. The minimum Gasteiger partial charge on any atom is -0.494 e. The quantitative estimate of drug-likeness (QED) is 0.709. The van der Waals surface area contributed by atoms with Crippen molar-refractivity contribution >= 4 is 21.5 Å². The van der Waals surface area contributed by atoms with Crippen LogP contribution in [0.3, 0.4) is 0 Å². The van der Waals surface area contributed by atoms with Crippen molar-refractivity contribution in [2.24, 2.45) is 5.92 Å². The number of nitrogens with one attached hydrogen (secondary N) is 2. The van der Waals surface area contributed by atoms with Gasteiger partial charge in [0.2, 0.25) is 0 Å². The van der Waals surface area contributed by atoms with Crippen LogP contribution in [0.15, 0.2) is 47.5 Å². The third-order valence-corrected chi connectivity index (χ3v) is 4.87. The van der Waals surface area contributed by atoms with Gasteiger partial charge in [-0.1, -0.05) is 13.8 Å². The number of pyridine rings is 1. The Morgan fingerprint density at radius 1 is 1.12 bits per heavy atom. The molecule has 6 nitrogen and oxygen atoms in total. The molecule has 2 N–H and O–H groups in total. The molecule has 2 rings (SSSR count). The standard InChI is InChI=1S/C18H25N3O3S/c1-4-24-16-6-8-17(9-7-16)25(22,23)21-18-10-5-15(13-20-18)19-12-11-14(2)3/h5-10,13-14,19H,4,11-12H2,1-3H3,(H,20,21). The predicted octanol–water partition coefficient (Wildman–Crippen LogP) is 3.74. The summed E-state index contributed by atoms with van der Waals surface area (Å²) in [5, 5.41) is 3.26. The summed E-state index contributed by atoms with van der Waals surface area (Å²) in [6.45, 7) is 7.60. The zero-order valence-corrected chi connectivity index (χ0v) is 15.6. The lowest BCUT2D eigenvalue weighted by atomic mass is 10.1. The number of anilines is 2. The van der Waals surface area contributed by atoms with Crippen LogP contribution in [0.2, 0.25) is 0 Å². The lowest BCUT2D eigenvalue weighted by Crippen LogP contribution is -2.14. The van der Waals surface area contributed by atoms with Crippen molar-refractivity contribution in [3.63, 3.8) is 0 Å². The van der Waals surface area contributed by atoms with Crippen molar-refractivity contribution in [1.29, 1.82) is 0 Å². The average Bonchev–Trinajstić information content (AvgIpc) is 2.57. The summed E-state index contributed by atoms with van der Waals surface area (Å²) < 4.78 is 32.6. The van der Waals surface area contributed by atoms with Crippen molar-refractivity contribution in [3.05, 3.63) is 42.6 Å². The lowest BCUT2D eigenvalue weighted by Gasteiger charge is -2.10. The number of nitrogens with zero attached hydrogens (tertiary/aromatic N) is 1. The molecule has 0 aliphatic carbocycles. The third kappa shape index (κ3) is 5.94. The Hall–Kier alpha value is -2.28. The second kappa shape index (κ2) is 8.71. The third-order valence-electron chi connectivity index (χ3n) is 3.50. The van der Waals surface area contributed by atoms with Gasteiger partial charge in [0.25, 0.3) is 10.0 Å². The summed E-state index contributed by atoms with van der Waals surface area (Å²) in [5.74, 6) is 1.54. The van der Waals surface area contributed by atoms with Crippen LogP contribution in [-0.4, -0.2) is 26.6 Å². The van der Waals surface area contributed by atoms with Crippen molar-refractivity contribution in [1.82, 2.24) is 4.98 Å². The Labute approximate surface area is 149 Å². The normalized spacial score (nSPS) is 11.4. The van der Waals surface area contributed by atoms with Gasteiger partial charge in [0.15, 0.2) is 0 Å². The second-order valence-electron chi connectivity index (χ2n) is 6.05. The van der Waals surface area contributed by atoms with Crippen molar-refractivity contribution in [3.8, 4) is 5.75 Å². The largest absolute Gasteiger partial charge is 0.494 e. The first kappa shape index (κ1) is 19.1. The van der Waals surface area contributed by atoms with Gasteiger partial charge in [0.05, 0.1) is 23.4 Å². The van der Waals surface area contributed by atoms with Crippen LogP contribution in [0.4, 0.5) is 11.5 Å². The molecule has 7 heteroatoms. The van der Waals surface area contributed by atoms with E-state index in [1.807, 2.05) is 13.0 Å². The molecular formula is C18H25N3O3S. The first-order valence-corrected chi connectivity index (χ1v) is 9.84. The average molecular weight is 363 g/mol. The molecule has 0 saturated carbocycles. The molecule has 0 spiro atoms. The van der Waals surface area contributed by atoms with Crippen LogP contribution < -0.4 is 14.8 Å². The number of hydrogen-bond acceptors (Lipinski definition) is 5. The molecule has 0 radical (unpaired) electrons. The van der Waals surface area contributed by atoms with Gasteiger partial charge in [0, 0.05) is 6.54 Å². The van der Waals surface area contributed by atoms with Crippen LogP contribution in [0.25, 0.3) is 0 Å². The Kier molecular flexibility index (Phi) is 6.64. The number of rotatable bonds is 9. The van der Waals surface area contributed by atoms with Gasteiger partial charge in [-0.15, -0.1) is 0 Å². The maximum Gasteiger partial charge on any atom is 0.263 e. The predicted molar refractivity (Wildman–Crippen MR) is 101 cm³/mol. The molecule has 0 atom stereocenters. The number of aromatic nitrogens is 1. The Morgan fingerprint density at radius 3 is 2.40 bits per heavy atom. The van der Waals surface area contributed by atoms with E-state index in [9.17, 15) is 8.42 Å². The molecule has 1 heterocycles. The van der Waals surface area contributed by atoms with Crippen LogP contribution in [-0.2, 0) is 10.0 Å². The topological polar surface area (TPSA) is 80.3 Å². The second-order valence-corrected chi connectivity index (χ2v) is 7.73. The molecule has 0 unspecified atom stereocenters. The van der Waals surface area contributed by atoms with E-state index in [2.05, 4.69) is 28.9 Å². The molecular weight excluding hydrogens is 338 g/mol. The van der Waals surface area contributed by atoms with Gasteiger partial charge in [-0.3, -0.25) is 4.72 Å². The molecule has 0 fully saturated rings. The Balaban J connectivity index is 2.00. The summed E-state index contributed by atoms with van der Waals surface area (Å²) >= 11 is 0. The van der Waals surface area contributed by atoms with Crippen molar-refractivity contribution in [2.45, 2.75) is 32.1 Å². The van der Waals surface area contributed by atoms with Crippen LogP contribution >= 0.6 is 0 Å². The van der Waals surface area contributed by atoms with E-state index in [0.29, 0.717) is 18.3 Å². The van der Waals surface area contributed by atoms with Gasteiger partial charge in [-0.05, 0) is 55.7 Å². The first-order chi connectivity index (χ1) is 11.9. The highest BCUT2D eigenvalue weighted by Gasteiger charge is 2.14. The van der Waals surface area contributed by atoms with Crippen LogP contribution in [0.5, 0.6) is 5.75 Å². The summed E-state index contributed by atoms with van der Waals surface area (Å²) in [4.78, 5) is 4.32. The molecule has 0 bridgehead atoms. The van der Waals surface area contributed by atoms with Gasteiger partial charge in [0.1, 0.15) is 11.6 Å². The molecule has 0 aliphatic rings. The maximum absolute atomic E-state index is 12.4. The fourth-order valence-corrected chi connectivity index (χ4v) is 3.15. The van der Waals surface area contributed by atoms with Gasteiger partial charge in [-0.2, -0.15) is 0 Å².